The molecule has 1 aliphatic rings. The van der Waals surface area contributed by atoms with Crippen LogP contribution >= 0.6 is 27.7 Å². The third kappa shape index (κ3) is 3.89. The van der Waals surface area contributed by atoms with Crippen LogP contribution in [0.1, 0.15) is 36.5 Å². The second-order valence-corrected chi connectivity index (χ2v) is 7.16. The minimum absolute atomic E-state index is 0.0958. The number of phenolic OH excluding ortho intramolecular Hbond substituents is 1. The van der Waals surface area contributed by atoms with Crippen LogP contribution in [-0.2, 0) is 0 Å². The Morgan fingerprint density at radius 1 is 1.53 bits per heavy atom. The lowest BCUT2D eigenvalue weighted by Crippen LogP contribution is -2.33. The quantitative estimate of drug-likeness (QED) is 0.878. The first-order chi connectivity index (χ1) is 9.10. The predicted molar refractivity (Wildman–Crippen MR) is 82.8 cm³/mol. The van der Waals surface area contributed by atoms with Gasteiger partial charge in [0.2, 0.25) is 0 Å². The zero-order valence-electron chi connectivity index (χ0n) is 10.9. The van der Waals surface area contributed by atoms with Gasteiger partial charge < -0.3 is 10.4 Å². The molecule has 1 saturated carbocycles. The van der Waals surface area contributed by atoms with Crippen molar-refractivity contribution in [3.63, 3.8) is 0 Å². The molecule has 0 saturated heterocycles. The molecule has 1 fully saturated rings. The molecule has 2 rings (SSSR count). The zero-order chi connectivity index (χ0) is 13.8. The molecule has 104 valence electrons. The average Bonchev–Trinajstić information content (AvgIpc) is 2.80. The van der Waals surface area contributed by atoms with E-state index in [2.05, 4.69) is 28.2 Å². The Morgan fingerprint density at radius 2 is 2.32 bits per heavy atom. The van der Waals surface area contributed by atoms with Gasteiger partial charge in [-0.3, -0.25) is 4.79 Å². The number of carbonyl (C=O) groups excluding carboxylic acids is 1. The van der Waals surface area contributed by atoms with Crippen LogP contribution in [0.5, 0.6) is 5.75 Å². The van der Waals surface area contributed by atoms with Crippen LogP contribution in [0.25, 0.3) is 0 Å². The number of hydrogen-bond donors (Lipinski definition) is 2. The highest BCUT2D eigenvalue weighted by atomic mass is 79.9. The van der Waals surface area contributed by atoms with Gasteiger partial charge in [0.05, 0.1) is 4.47 Å². The zero-order valence-corrected chi connectivity index (χ0v) is 13.3. The molecule has 0 aliphatic heterocycles. The third-order valence-electron chi connectivity index (χ3n) is 3.33. The highest BCUT2D eigenvalue weighted by Gasteiger charge is 2.26. The lowest BCUT2D eigenvalue weighted by molar-refractivity contribution is 0.0937. The molecule has 19 heavy (non-hydrogen) atoms. The maximum atomic E-state index is 12.1. The summed E-state index contributed by atoms with van der Waals surface area (Å²) < 4.78 is 0.601. The van der Waals surface area contributed by atoms with Crippen molar-refractivity contribution in [3.8, 4) is 5.75 Å². The molecule has 0 radical (unpaired) electrons. The van der Waals surface area contributed by atoms with E-state index < -0.39 is 0 Å². The molecule has 0 aromatic heterocycles. The normalized spacial score (nSPS) is 22.4. The fourth-order valence-corrected chi connectivity index (χ4v) is 3.77. The van der Waals surface area contributed by atoms with Gasteiger partial charge >= 0.3 is 0 Å². The molecule has 3 nitrogen and oxygen atoms in total. The van der Waals surface area contributed by atoms with E-state index in [1.165, 1.54) is 12.5 Å². The Balaban J connectivity index is 1.92. The minimum Gasteiger partial charge on any atom is -0.507 e. The van der Waals surface area contributed by atoms with Gasteiger partial charge in [0, 0.05) is 16.9 Å². The molecule has 1 aromatic rings. The highest BCUT2D eigenvalue weighted by Crippen LogP contribution is 2.30. The van der Waals surface area contributed by atoms with Crippen LogP contribution < -0.4 is 5.32 Å². The number of hydrogen-bond acceptors (Lipinski definition) is 3. The summed E-state index contributed by atoms with van der Waals surface area (Å²) in [6.45, 7) is 2.17. The first-order valence-corrected chi connectivity index (χ1v) is 8.35. The molecule has 0 bridgehead atoms. The molecule has 2 N–H and O–H groups in total. The van der Waals surface area contributed by atoms with Crippen molar-refractivity contribution in [3.05, 3.63) is 28.2 Å². The van der Waals surface area contributed by atoms with Crippen LogP contribution in [0, 0.1) is 0 Å². The van der Waals surface area contributed by atoms with Gasteiger partial charge in [-0.1, -0.05) is 6.92 Å². The van der Waals surface area contributed by atoms with Crippen molar-refractivity contribution >= 4 is 33.6 Å². The van der Waals surface area contributed by atoms with Crippen molar-refractivity contribution in [1.29, 1.82) is 0 Å². The van der Waals surface area contributed by atoms with E-state index in [1.54, 1.807) is 12.1 Å². The third-order valence-corrected chi connectivity index (χ3v) is 5.23. The number of benzene rings is 1. The molecule has 0 heterocycles. The average molecular weight is 344 g/mol. The number of halogens is 1. The molecule has 1 aromatic carbocycles. The van der Waals surface area contributed by atoms with Gasteiger partial charge in [-0.2, -0.15) is 11.8 Å². The Hall–Kier alpha value is -0.680. The predicted octanol–water partition coefficient (Wildman–Crippen LogP) is 3.56. The largest absolute Gasteiger partial charge is 0.507 e. The summed E-state index contributed by atoms with van der Waals surface area (Å²) in [4.78, 5) is 12.1. The Kier molecular flexibility index (Phi) is 5.16. The second kappa shape index (κ2) is 6.66. The summed E-state index contributed by atoms with van der Waals surface area (Å²) in [5, 5.41) is 13.3. The molecule has 2 atom stereocenters. The minimum atomic E-state index is -0.102. The molecule has 0 spiro atoms. The molecule has 5 heteroatoms. The van der Waals surface area contributed by atoms with Gasteiger partial charge in [-0.05, 0) is 59.1 Å². The van der Waals surface area contributed by atoms with Crippen molar-refractivity contribution in [1.82, 2.24) is 5.32 Å². The number of thioether (sulfide) groups is 1. The van der Waals surface area contributed by atoms with Crippen molar-refractivity contribution in [2.75, 3.05) is 5.75 Å². The van der Waals surface area contributed by atoms with E-state index in [0.717, 1.165) is 18.6 Å². The number of carbonyl (C=O) groups is 1. The number of aromatic hydroxyl groups is 1. The van der Waals surface area contributed by atoms with Crippen LogP contribution in [-0.4, -0.2) is 28.1 Å². The summed E-state index contributed by atoms with van der Waals surface area (Å²) in [6.07, 6.45) is 3.27. The SMILES string of the molecule is CCSC1CCC(NC(=O)c2ccc(Br)c(O)c2)C1. The summed E-state index contributed by atoms with van der Waals surface area (Å²) in [5.74, 6) is 1.12. The van der Waals surface area contributed by atoms with Gasteiger partial charge in [0.15, 0.2) is 0 Å². The summed E-state index contributed by atoms with van der Waals surface area (Å²) in [6, 6.07) is 5.16. The topological polar surface area (TPSA) is 49.3 Å². The van der Waals surface area contributed by atoms with E-state index in [4.69, 9.17) is 0 Å². The summed E-state index contributed by atoms with van der Waals surface area (Å²) in [5.41, 5.74) is 0.507. The van der Waals surface area contributed by atoms with Gasteiger partial charge in [-0.25, -0.2) is 0 Å². The van der Waals surface area contributed by atoms with E-state index in [-0.39, 0.29) is 17.7 Å². The number of phenols is 1. The summed E-state index contributed by atoms with van der Waals surface area (Å²) >= 11 is 5.18. The molecule has 1 amide bonds. The Labute approximate surface area is 126 Å². The van der Waals surface area contributed by atoms with Crippen molar-refractivity contribution in [2.24, 2.45) is 0 Å². The Bertz CT molecular complexity index is 467. The number of amides is 1. The van der Waals surface area contributed by atoms with Gasteiger partial charge in [0.1, 0.15) is 5.75 Å². The van der Waals surface area contributed by atoms with Gasteiger partial charge in [0.25, 0.3) is 5.91 Å². The molecule has 1 aliphatic carbocycles. The lowest BCUT2D eigenvalue weighted by Gasteiger charge is -2.13. The van der Waals surface area contributed by atoms with E-state index in [9.17, 15) is 9.90 Å². The number of rotatable bonds is 4. The van der Waals surface area contributed by atoms with Crippen molar-refractivity contribution < 1.29 is 9.90 Å². The molecular weight excluding hydrogens is 326 g/mol. The fraction of sp³-hybridized carbons (Fsp3) is 0.500. The maximum Gasteiger partial charge on any atom is 0.251 e. The van der Waals surface area contributed by atoms with Crippen LogP contribution in [0.3, 0.4) is 0 Å². The second-order valence-electron chi connectivity index (χ2n) is 4.73. The first-order valence-electron chi connectivity index (χ1n) is 6.51. The monoisotopic (exact) mass is 343 g/mol. The fourth-order valence-electron chi connectivity index (χ4n) is 2.38. The smallest absolute Gasteiger partial charge is 0.251 e. The molecule has 2 unspecified atom stereocenters. The Morgan fingerprint density at radius 3 is 3.00 bits per heavy atom. The van der Waals surface area contributed by atoms with Crippen LogP contribution in [0.15, 0.2) is 22.7 Å². The standard InChI is InChI=1S/C14H18BrNO2S/c1-2-19-11-5-4-10(8-11)16-14(18)9-3-6-12(15)13(17)7-9/h3,6-7,10-11,17H,2,4-5,8H2,1H3,(H,16,18). The lowest BCUT2D eigenvalue weighted by atomic mass is 10.1. The van der Waals surface area contributed by atoms with Crippen molar-refractivity contribution in [2.45, 2.75) is 37.5 Å². The molecular formula is C14H18BrNO2S. The van der Waals surface area contributed by atoms with E-state index in [1.807, 2.05) is 11.8 Å². The highest BCUT2D eigenvalue weighted by molar-refractivity contribution is 9.10. The van der Waals surface area contributed by atoms with Crippen LogP contribution in [0.4, 0.5) is 0 Å². The number of nitrogens with one attached hydrogen (secondary N) is 1. The van der Waals surface area contributed by atoms with Gasteiger partial charge in [-0.15, -0.1) is 0 Å². The maximum absolute atomic E-state index is 12.1. The first kappa shape index (κ1) is 14.7. The van der Waals surface area contributed by atoms with Crippen LogP contribution in [0.2, 0.25) is 0 Å². The summed E-state index contributed by atoms with van der Waals surface area (Å²) in [7, 11) is 0. The van der Waals surface area contributed by atoms with E-state index >= 15 is 0 Å². The van der Waals surface area contributed by atoms with E-state index in [0.29, 0.717) is 15.3 Å².